The van der Waals surface area contributed by atoms with Gasteiger partial charge in [0.15, 0.2) is 0 Å². The molecule has 8 heteroatoms. The minimum absolute atomic E-state index is 0.131. The molecule has 0 aliphatic rings. The second-order valence-corrected chi connectivity index (χ2v) is 10.4. The Morgan fingerprint density at radius 1 is 1.00 bits per heavy atom. The highest BCUT2D eigenvalue weighted by atomic mass is 79.9. The molecule has 0 radical (unpaired) electrons. The first-order valence-electron chi connectivity index (χ1n) is 10.5. The highest BCUT2D eigenvalue weighted by molar-refractivity contribution is 9.10. The molecule has 1 unspecified atom stereocenters. The Balaban J connectivity index is 1.88. The van der Waals surface area contributed by atoms with Gasteiger partial charge < -0.3 is 10.1 Å². The number of rotatable bonds is 9. The Hall–Kier alpha value is -2.84. The van der Waals surface area contributed by atoms with Crippen molar-refractivity contribution < 1.29 is 17.9 Å². The summed E-state index contributed by atoms with van der Waals surface area (Å²) >= 11 is 3.37. The molecule has 1 amide bonds. The Kier molecular flexibility index (Phi) is 8.15. The summed E-state index contributed by atoms with van der Waals surface area (Å²) < 4.78 is 34.1. The molecule has 0 saturated carbocycles. The van der Waals surface area contributed by atoms with Crippen molar-refractivity contribution in [1.82, 2.24) is 5.32 Å². The molecule has 3 aromatic rings. The number of nitrogens with zero attached hydrogens (tertiary/aromatic N) is 1. The third-order valence-electron chi connectivity index (χ3n) is 5.27. The summed E-state index contributed by atoms with van der Waals surface area (Å²) in [5.74, 6) is 0.335. The Morgan fingerprint density at radius 2 is 1.61 bits per heavy atom. The van der Waals surface area contributed by atoms with Crippen molar-refractivity contribution in [3.8, 4) is 5.75 Å². The van der Waals surface area contributed by atoms with Gasteiger partial charge in [-0.25, -0.2) is 8.42 Å². The Morgan fingerprint density at radius 3 is 2.15 bits per heavy atom. The maximum atomic E-state index is 13.5. The molecule has 1 atom stereocenters. The zero-order valence-electron chi connectivity index (χ0n) is 18.8. The van der Waals surface area contributed by atoms with Crippen LogP contribution in [0, 0.1) is 6.92 Å². The number of anilines is 1. The lowest BCUT2D eigenvalue weighted by Crippen LogP contribution is -2.42. The summed E-state index contributed by atoms with van der Waals surface area (Å²) in [6.45, 7) is 3.51. The molecular formula is C25H27BrN2O4S. The van der Waals surface area contributed by atoms with Crippen LogP contribution in [0.3, 0.4) is 0 Å². The van der Waals surface area contributed by atoms with E-state index in [1.165, 1.54) is 0 Å². The molecule has 0 aliphatic heterocycles. The summed E-state index contributed by atoms with van der Waals surface area (Å²) in [7, 11) is -2.36. The maximum Gasteiger partial charge on any atom is 0.264 e. The zero-order valence-corrected chi connectivity index (χ0v) is 21.2. The van der Waals surface area contributed by atoms with Gasteiger partial charge in [-0.3, -0.25) is 9.10 Å². The van der Waals surface area contributed by atoms with Gasteiger partial charge in [-0.15, -0.1) is 0 Å². The van der Waals surface area contributed by atoms with E-state index in [9.17, 15) is 13.2 Å². The molecule has 3 aromatic carbocycles. The lowest BCUT2D eigenvalue weighted by Gasteiger charge is -2.26. The van der Waals surface area contributed by atoms with E-state index in [2.05, 4.69) is 21.2 Å². The van der Waals surface area contributed by atoms with E-state index in [4.69, 9.17) is 4.74 Å². The summed E-state index contributed by atoms with van der Waals surface area (Å²) in [4.78, 5) is 13.2. The molecule has 33 heavy (non-hydrogen) atoms. The number of sulfonamides is 1. The van der Waals surface area contributed by atoms with Crippen LogP contribution in [0.25, 0.3) is 0 Å². The molecule has 0 fully saturated rings. The quantitative estimate of drug-likeness (QED) is 0.411. The first kappa shape index (κ1) is 24.8. The van der Waals surface area contributed by atoms with Gasteiger partial charge in [0.25, 0.3) is 10.0 Å². The molecule has 0 aliphatic carbocycles. The molecule has 1 N–H and O–H groups in total. The van der Waals surface area contributed by atoms with Crippen molar-refractivity contribution in [1.29, 1.82) is 0 Å². The minimum Gasteiger partial charge on any atom is -0.497 e. The number of amides is 1. The van der Waals surface area contributed by atoms with Gasteiger partial charge in [0.05, 0.1) is 23.7 Å². The lowest BCUT2D eigenvalue weighted by molar-refractivity contribution is -0.120. The largest absolute Gasteiger partial charge is 0.497 e. The average Bonchev–Trinajstić information content (AvgIpc) is 2.82. The van der Waals surface area contributed by atoms with Crippen molar-refractivity contribution in [3.05, 3.63) is 88.4 Å². The van der Waals surface area contributed by atoms with Crippen molar-refractivity contribution >= 4 is 37.5 Å². The SMILES string of the molecule is CCC(NC(=O)CN(c1ccc(Br)cc1)S(=O)(=O)c1ccc(C)cc1)c1ccc(OC)cc1. The number of halogens is 1. The van der Waals surface area contributed by atoms with Gasteiger partial charge in [-0.1, -0.05) is 52.7 Å². The monoisotopic (exact) mass is 530 g/mol. The molecule has 0 bridgehead atoms. The third kappa shape index (κ3) is 6.15. The number of methoxy groups -OCH3 is 1. The molecule has 0 heterocycles. The van der Waals surface area contributed by atoms with E-state index in [0.29, 0.717) is 12.1 Å². The molecular weight excluding hydrogens is 504 g/mol. The van der Waals surface area contributed by atoms with Crippen molar-refractivity contribution in [2.45, 2.75) is 31.2 Å². The number of nitrogens with one attached hydrogen (secondary N) is 1. The molecule has 174 valence electrons. The van der Waals surface area contributed by atoms with E-state index < -0.39 is 15.9 Å². The molecule has 0 spiro atoms. The number of hydrogen-bond acceptors (Lipinski definition) is 4. The fourth-order valence-electron chi connectivity index (χ4n) is 3.39. The topological polar surface area (TPSA) is 75.7 Å². The van der Waals surface area contributed by atoms with Gasteiger partial charge >= 0.3 is 0 Å². The smallest absolute Gasteiger partial charge is 0.264 e. The predicted molar refractivity (Wildman–Crippen MR) is 134 cm³/mol. The standard InChI is InChI=1S/C25H27BrN2O4S/c1-4-24(19-7-13-22(32-3)14-8-19)27-25(29)17-28(21-11-9-20(26)10-12-21)33(30,31)23-15-5-18(2)6-16-23/h5-16,24H,4,17H2,1-3H3,(H,27,29). The highest BCUT2D eigenvalue weighted by Crippen LogP contribution is 2.26. The zero-order chi connectivity index (χ0) is 24.0. The van der Waals surface area contributed by atoms with E-state index in [1.54, 1.807) is 55.6 Å². The van der Waals surface area contributed by atoms with Crippen LogP contribution in [0.1, 0.15) is 30.5 Å². The summed E-state index contributed by atoms with van der Waals surface area (Å²) in [5.41, 5.74) is 2.28. The number of aryl methyl sites for hydroxylation is 1. The summed E-state index contributed by atoms with van der Waals surface area (Å²) in [5, 5.41) is 2.97. The molecule has 6 nitrogen and oxygen atoms in total. The van der Waals surface area contributed by atoms with Crippen molar-refractivity contribution in [2.24, 2.45) is 0 Å². The van der Waals surface area contributed by atoms with E-state index in [-0.39, 0.29) is 17.5 Å². The minimum atomic E-state index is -3.95. The van der Waals surface area contributed by atoms with Crippen molar-refractivity contribution in [2.75, 3.05) is 18.0 Å². The molecule has 3 rings (SSSR count). The average molecular weight is 531 g/mol. The van der Waals surface area contributed by atoms with Gasteiger partial charge in [0.1, 0.15) is 12.3 Å². The number of benzene rings is 3. The summed E-state index contributed by atoms with van der Waals surface area (Å²) in [6.07, 6.45) is 0.654. The van der Waals surface area contributed by atoms with Gasteiger partial charge in [-0.2, -0.15) is 0 Å². The highest BCUT2D eigenvalue weighted by Gasteiger charge is 2.28. The van der Waals surface area contributed by atoms with Crippen LogP contribution >= 0.6 is 15.9 Å². The number of ether oxygens (including phenoxy) is 1. The van der Waals surface area contributed by atoms with Crippen molar-refractivity contribution in [3.63, 3.8) is 0 Å². The van der Waals surface area contributed by atoms with Gasteiger partial charge in [0, 0.05) is 4.47 Å². The van der Waals surface area contributed by atoms with Crippen LogP contribution in [0.4, 0.5) is 5.69 Å². The second-order valence-electron chi connectivity index (χ2n) is 7.60. The van der Waals surface area contributed by atoms with Crippen LogP contribution < -0.4 is 14.4 Å². The lowest BCUT2D eigenvalue weighted by atomic mass is 10.0. The first-order chi connectivity index (χ1) is 15.7. The number of carbonyl (C=O) groups excluding carboxylic acids is 1. The van der Waals surface area contributed by atoms with E-state index in [0.717, 1.165) is 25.7 Å². The second kappa shape index (κ2) is 10.9. The fourth-order valence-corrected chi connectivity index (χ4v) is 5.07. The van der Waals surface area contributed by atoms with Gasteiger partial charge in [-0.05, 0) is 67.4 Å². The molecule has 0 aromatic heterocycles. The molecule has 0 saturated heterocycles. The maximum absolute atomic E-state index is 13.5. The van der Waals surface area contributed by atoms with E-state index >= 15 is 0 Å². The van der Waals surface area contributed by atoms with Crippen LogP contribution in [-0.4, -0.2) is 28.0 Å². The van der Waals surface area contributed by atoms with Crippen LogP contribution in [0.2, 0.25) is 0 Å². The third-order valence-corrected chi connectivity index (χ3v) is 7.59. The Bertz CT molecular complexity index is 1180. The van der Waals surface area contributed by atoms with Crippen LogP contribution in [-0.2, 0) is 14.8 Å². The van der Waals surface area contributed by atoms with E-state index in [1.807, 2.05) is 38.1 Å². The summed E-state index contributed by atoms with van der Waals surface area (Å²) in [6, 6.07) is 20.6. The number of carbonyl (C=O) groups is 1. The Labute approximate surface area is 203 Å². The van der Waals surface area contributed by atoms with Crippen LogP contribution in [0.15, 0.2) is 82.2 Å². The van der Waals surface area contributed by atoms with Crippen LogP contribution in [0.5, 0.6) is 5.75 Å². The van der Waals surface area contributed by atoms with Gasteiger partial charge in [0.2, 0.25) is 5.91 Å². The normalized spacial score (nSPS) is 12.1. The first-order valence-corrected chi connectivity index (χ1v) is 12.8. The predicted octanol–water partition coefficient (Wildman–Crippen LogP) is 5.23. The number of hydrogen-bond donors (Lipinski definition) is 1. The fraction of sp³-hybridized carbons (Fsp3) is 0.240.